The van der Waals surface area contributed by atoms with E-state index in [-0.39, 0.29) is 12.2 Å². The zero-order valence-corrected chi connectivity index (χ0v) is 16.9. The molecule has 0 N–H and O–H groups in total. The molecule has 0 aromatic carbocycles. The molecule has 2 atom stereocenters. The summed E-state index contributed by atoms with van der Waals surface area (Å²) in [5, 5.41) is 4.28. The predicted molar refractivity (Wildman–Crippen MR) is 113 cm³/mol. The number of fused-ring (bicyclic) bond motifs is 1. The molecule has 5 heterocycles. The van der Waals surface area contributed by atoms with Crippen molar-refractivity contribution in [1.29, 1.82) is 0 Å². The molecule has 1 aliphatic rings. The van der Waals surface area contributed by atoms with Crippen LogP contribution in [0.4, 0.5) is 5.82 Å². The van der Waals surface area contributed by atoms with Crippen molar-refractivity contribution in [3.05, 3.63) is 55.2 Å². The number of ether oxygens (including phenoxy) is 1. The molecule has 0 saturated carbocycles. The van der Waals surface area contributed by atoms with Crippen LogP contribution in [0.2, 0.25) is 0 Å². The van der Waals surface area contributed by atoms with Gasteiger partial charge in [0.1, 0.15) is 11.6 Å². The van der Waals surface area contributed by atoms with Gasteiger partial charge < -0.3 is 9.64 Å². The highest BCUT2D eigenvalue weighted by Gasteiger charge is 2.23. The normalized spacial score (nSPS) is 19.8. The van der Waals surface area contributed by atoms with Gasteiger partial charge in [0.25, 0.3) is 0 Å². The van der Waals surface area contributed by atoms with Crippen LogP contribution in [0.15, 0.2) is 55.2 Å². The van der Waals surface area contributed by atoms with Gasteiger partial charge in [-0.2, -0.15) is 5.10 Å². The SMILES string of the molecule is C[C@@H]1CN(c2cc(-c3ncc4ccc(-c5cnn(C)c5)cn34)ccn2)C[C@H](C)O1. The van der Waals surface area contributed by atoms with Crippen LogP contribution in [0.25, 0.3) is 28.0 Å². The molecular weight excluding hydrogens is 364 g/mol. The molecule has 5 rings (SSSR count). The fourth-order valence-corrected chi connectivity index (χ4v) is 4.04. The van der Waals surface area contributed by atoms with Gasteiger partial charge in [0.15, 0.2) is 0 Å². The minimum Gasteiger partial charge on any atom is -0.372 e. The van der Waals surface area contributed by atoms with E-state index in [2.05, 4.69) is 57.6 Å². The van der Waals surface area contributed by atoms with E-state index in [0.29, 0.717) is 0 Å². The van der Waals surface area contributed by atoms with Gasteiger partial charge in [0.05, 0.1) is 30.1 Å². The smallest absolute Gasteiger partial charge is 0.144 e. The molecule has 1 aliphatic heterocycles. The second-order valence-electron chi connectivity index (χ2n) is 7.76. The van der Waals surface area contributed by atoms with Gasteiger partial charge in [-0.25, -0.2) is 9.97 Å². The topological polar surface area (TPSA) is 60.5 Å². The van der Waals surface area contributed by atoms with Crippen LogP contribution >= 0.6 is 0 Å². The molecule has 4 aromatic rings. The molecule has 0 spiro atoms. The van der Waals surface area contributed by atoms with Crippen LogP contribution in [-0.2, 0) is 11.8 Å². The van der Waals surface area contributed by atoms with Crippen molar-refractivity contribution in [3.8, 4) is 22.5 Å². The largest absolute Gasteiger partial charge is 0.372 e. The second-order valence-corrected chi connectivity index (χ2v) is 7.76. The number of hydrogen-bond acceptors (Lipinski definition) is 5. The summed E-state index contributed by atoms with van der Waals surface area (Å²) < 4.78 is 9.81. The number of morpholine rings is 1. The minimum atomic E-state index is 0.193. The molecule has 4 aromatic heterocycles. The summed E-state index contributed by atoms with van der Waals surface area (Å²) >= 11 is 0. The first kappa shape index (κ1) is 17.9. The summed E-state index contributed by atoms with van der Waals surface area (Å²) in [6.45, 7) is 5.89. The third kappa shape index (κ3) is 3.38. The molecule has 0 bridgehead atoms. The maximum Gasteiger partial charge on any atom is 0.144 e. The van der Waals surface area contributed by atoms with Crippen LogP contribution in [0, 0.1) is 0 Å². The molecule has 0 unspecified atom stereocenters. The average Bonchev–Trinajstić information content (AvgIpc) is 3.33. The lowest BCUT2D eigenvalue weighted by atomic mass is 10.1. The highest BCUT2D eigenvalue weighted by Crippen LogP contribution is 2.27. The summed E-state index contributed by atoms with van der Waals surface area (Å²) in [5.41, 5.74) is 4.29. The van der Waals surface area contributed by atoms with Gasteiger partial charge in [-0.15, -0.1) is 0 Å². The van der Waals surface area contributed by atoms with Crippen molar-refractivity contribution < 1.29 is 4.74 Å². The first-order valence-corrected chi connectivity index (χ1v) is 9.90. The van der Waals surface area contributed by atoms with E-state index in [1.165, 1.54) is 0 Å². The van der Waals surface area contributed by atoms with Crippen molar-refractivity contribution in [1.82, 2.24) is 24.1 Å². The predicted octanol–water partition coefficient (Wildman–Crippen LogP) is 3.41. The monoisotopic (exact) mass is 388 g/mol. The zero-order valence-electron chi connectivity index (χ0n) is 16.9. The van der Waals surface area contributed by atoms with E-state index in [0.717, 1.165) is 46.9 Å². The summed E-state index contributed by atoms with van der Waals surface area (Å²) in [4.78, 5) is 11.6. The fourth-order valence-electron chi connectivity index (χ4n) is 4.04. The Labute approximate surface area is 169 Å². The third-order valence-corrected chi connectivity index (χ3v) is 5.31. The number of imidazole rings is 1. The molecule has 0 aliphatic carbocycles. The van der Waals surface area contributed by atoms with Gasteiger partial charge in [0, 0.05) is 55.4 Å². The summed E-state index contributed by atoms with van der Waals surface area (Å²) in [6.07, 6.45) is 10.2. The summed E-state index contributed by atoms with van der Waals surface area (Å²) in [5.74, 6) is 1.87. The van der Waals surface area contributed by atoms with Gasteiger partial charge in [-0.05, 0) is 32.0 Å². The van der Waals surface area contributed by atoms with Gasteiger partial charge >= 0.3 is 0 Å². The fraction of sp³-hybridized carbons (Fsp3) is 0.318. The van der Waals surface area contributed by atoms with E-state index in [1.54, 1.807) is 0 Å². The Morgan fingerprint density at radius 2 is 1.76 bits per heavy atom. The molecule has 0 radical (unpaired) electrons. The number of pyridine rings is 2. The van der Waals surface area contributed by atoms with E-state index in [4.69, 9.17) is 9.72 Å². The first-order chi connectivity index (χ1) is 14.1. The van der Waals surface area contributed by atoms with E-state index in [9.17, 15) is 0 Å². The van der Waals surface area contributed by atoms with Crippen LogP contribution in [-0.4, -0.2) is 49.4 Å². The Kier molecular flexibility index (Phi) is 4.32. The Morgan fingerprint density at radius 3 is 2.52 bits per heavy atom. The quantitative estimate of drug-likeness (QED) is 0.538. The molecule has 7 heteroatoms. The number of aromatic nitrogens is 5. The second kappa shape index (κ2) is 7.00. The van der Waals surface area contributed by atoms with Crippen LogP contribution < -0.4 is 4.90 Å². The molecule has 7 nitrogen and oxygen atoms in total. The number of aryl methyl sites for hydroxylation is 1. The zero-order chi connectivity index (χ0) is 20.0. The Balaban J connectivity index is 1.54. The van der Waals surface area contributed by atoms with E-state index >= 15 is 0 Å². The lowest BCUT2D eigenvalue weighted by molar-refractivity contribution is -0.00545. The highest BCUT2D eigenvalue weighted by atomic mass is 16.5. The standard InChI is InChI=1S/C22H24N6O/c1-15-11-27(12-16(2)29-15)21-8-17(6-7-23-21)22-24-10-20-5-4-18(14-28(20)22)19-9-25-26(3)13-19/h4-10,13-16H,11-12H2,1-3H3/t15-,16+. The Morgan fingerprint density at radius 1 is 0.931 bits per heavy atom. The average molecular weight is 388 g/mol. The highest BCUT2D eigenvalue weighted by molar-refractivity contribution is 5.69. The molecule has 0 amide bonds. The lowest BCUT2D eigenvalue weighted by Gasteiger charge is -2.36. The molecule has 148 valence electrons. The van der Waals surface area contributed by atoms with E-state index < -0.39 is 0 Å². The van der Waals surface area contributed by atoms with Crippen LogP contribution in [0.1, 0.15) is 13.8 Å². The first-order valence-electron chi connectivity index (χ1n) is 9.90. The van der Waals surface area contributed by atoms with Crippen LogP contribution in [0.5, 0.6) is 0 Å². The van der Waals surface area contributed by atoms with Crippen molar-refractivity contribution in [2.24, 2.45) is 7.05 Å². The summed E-state index contributed by atoms with van der Waals surface area (Å²) in [7, 11) is 1.93. The Bertz CT molecular complexity index is 1150. The molecule has 1 fully saturated rings. The minimum absolute atomic E-state index is 0.193. The number of hydrogen-bond donors (Lipinski definition) is 0. The van der Waals surface area contributed by atoms with Gasteiger partial charge in [0.2, 0.25) is 0 Å². The number of rotatable bonds is 3. The lowest BCUT2D eigenvalue weighted by Crippen LogP contribution is -2.45. The van der Waals surface area contributed by atoms with E-state index in [1.807, 2.05) is 42.6 Å². The Hall–Kier alpha value is -3.19. The third-order valence-electron chi connectivity index (χ3n) is 5.31. The number of anilines is 1. The van der Waals surface area contributed by atoms with Crippen molar-refractivity contribution >= 4 is 11.3 Å². The van der Waals surface area contributed by atoms with Crippen LogP contribution in [0.3, 0.4) is 0 Å². The molecule has 29 heavy (non-hydrogen) atoms. The van der Waals surface area contributed by atoms with Crippen molar-refractivity contribution in [3.63, 3.8) is 0 Å². The molecule has 1 saturated heterocycles. The van der Waals surface area contributed by atoms with Crippen molar-refractivity contribution in [2.75, 3.05) is 18.0 Å². The van der Waals surface area contributed by atoms with Crippen molar-refractivity contribution in [2.45, 2.75) is 26.1 Å². The van der Waals surface area contributed by atoms with Gasteiger partial charge in [-0.3, -0.25) is 9.08 Å². The number of nitrogens with zero attached hydrogens (tertiary/aromatic N) is 6. The van der Waals surface area contributed by atoms with Gasteiger partial charge in [-0.1, -0.05) is 6.07 Å². The molecular formula is C22H24N6O. The maximum atomic E-state index is 5.86. The maximum absolute atomic E-state index is 5.86. The summed E-state index contributed by atoms with van der Waals surface area (Å²) in [6, 6.07) is 8.33.